The maximum atomic E-state index is 11.3. The zero-order valence-electron chi connectivity index (χ0n) is 6.72. The van der Waals surface area contributed by atoms with Crippen LogP contribution in [0.15, 0.2) is 11.1 Å². The van der Waals surface area contributed by atoms with E-state index in [1.165, 1.54) is 0 Å². The molecule has 0 fully saturated rings. The van der Waals surface area contributed by atoms with Crippen LogP contribution in [-0.4, -0.2) is 24.5 Å². The second kappa shape index (κ2) is 2.13. The van der Waals surface area contributed by atoms with Crippen LogP contribution in [0, 0.1) is 0 Å². The molecule has 0 spiro atoms. The summed E-state index contributed by atoms with van der Waals surface area (Å²) >= 11 is 0. The van der Waals surface area contributed by atoms with Gasteiger partial charge in [0, 0.05) is 14.1 Å². The summed E-state index contributed by atoms with van der Waals surface area (Å²) in [6.45, 7) is 0. The molecule has 0 unspecified atom stereocenters. The number of imidazole rings is 1. The lowest BCUT2D eigenvalue weighted by Crippen LogP contribution is -2.21. The Labute approximate surface area is 67.4 Å². The highest BCUT2D eigenvalue weighted by Gasteiger charge is 2.06. The van der Waals surface area contributed by atoms with Crippen LogP contribution in [0.1, 0.15) is 0 Å². The third kappa shape index (κ3) is 0.744. The van der Waals surface area contributed by atoms with Crippen molar-refractivity contribution in [1.29, 1.82) is 0 Å². The second-order valence-electron chi connectivity index (χ2n) is 2.55. The molecule has 0 N–H and O–H groups in total. The van der Waals surface area contributed by atoms with E-state index in [4.69, 9.17) is 0 Å². The fourth-order valence-corrected chi connectivity index (χ4v) is 0.996. The Hall–Kier alpha value is -1.72. The van der Waals surface area contributed by atoms with Crippen molar-refractivity contribution < 1.29 is 0 Å². The Balaban J connectivity index is 3.03. The number of aryl methyl sites for hydroxylation is 2. The van der Waals surface area contributed by atoms with Crippen LogP contribution in [0.3, 0.4) is 0 Å². The minimum absolute atomic E-state index is 0.222. The average Bonchev–Trinajstić information content (AvgIpc) is 2.41. The van der Waals surface area contributed by atoms with E-state index < -0.39 is 0 Å². The van der Waals surface area contributed by atoms with Crippen LogP contribution in [0.4, 0.5) is 0 Å². The number of nitrogens with zero attached hydrogens (tertiary/aromatic N) is 5. The third-order valence-corrected chi connectivity index (χ3v) is 1.68. The highest BCUT2D eigenvalue weighted by Crippen LogP contribution is 1.99. The molecule has 2 rings (SSSR count). The van der Waals surface area contributed by atoms with Crippen molar-refractivity contribution in [2.24, 2.45) is 14.1 Å². The quantitative estimate of drug-likeness (QED) is 0.505. The number of hydrogen-bond acceptors (Lipinski definition) is 4. The van der Waals surface area contributed by atoms with E-state index in [0.29, 0.717) is 11.2 Å². The predicted octanol–water partition coefficient (Wildman–Crippen LogP) is -0.938. The Morgan fingerprint density at radius 3 is 2.92 bits per heavy atom. The van der Waals surface area contributed by atoms with E-state index in [2.05, 4.69) is 15.3 Å². The minimum Gasteiger partial charge on any atom is -0.317 e. The minimum atomic E-state index is -0.222. The van der Waals surface area contributed by atoms with Crippen molar-refractivity contribution in [2.45, 2.75) is 0 Å². The Morgan fingerprint density at radius 1 is 1.42 bits per heavy atom. The summed E-state index contributed by atoms with van der Waals surface area (Å²) in [5, 5.41) is 7.45. The Morgan fingerprint density at radius 2 is 2.17 bits per heavy atom. The summed E-state index contributed by atoms with van der Waals surface area (Å²) in [7, 11) is 3.31. The molecular formula is C6H7N5O. The molecule has 0 bridgehead atoms. The number of fused-ring (bicyclic) bond motifs is 1. The normalized spacial score (nSPS) is 10.8. The van der Waals surface area contributed by atoms with Crippen LogP contribution in [0.25, 0.3) is 11.2 Å². The molecule has 0 radical (unpaired) electrons. The van der Waals surface area contributed by atoms with Crippen molar-refractivity contribution in [3.63, 3.8) is 0 Å². The van der Waals surface area contributed by atoms with Crippen LogP contribution in [0.2, 0.25) is 0 Å². The summed E-state index contributed by atoms with van der Waals surface area (Å²) in [6, 6.07) is 0. The van der Waals surface area contributed by atoms with Gasteiger partial charge in [-0.1, -0.05) is 5.21 Å². The molecule has 6 nitrogen and oxygen atoms in total. The van der Waals surface area contributed by atoms with Crippen LogP contribution >= 0.6 is 0 Å². The predicted molar refractivity (Wildman–Crippen MR) is 41.5 cm³/mol. The van der Waals surface area contributed by atoms with Crippen molar-refractivity contribution >= 4 is 11.2 Å². The largest absolute Gasteiger partial charge is 0.317 e. The Bertz CT molecular complexity index is 482. The molecule has 0 aliphatic carbocycles. The maximum absolute atomic E-state index is 11.3. The summed E-state index contributed by atoms with van der Waals surface area (Å²) in [5.74, 6) is 0. The van der Waals surface area contributed by atoms with Gasteiger partial charge < -0.3 is 4.57 Å². The van der Waals surface area contributed by atoms with Crippen LogP contribution < -0.4 is 5.56 Å². The van der Waals surface area contributed by atoms with E-state index in [1.54, 1.807) is 25.0 Å². The standard InChI is InChI=1S/C6H7N5O/c1-10-3-7-4-5(10)8-9-11(2)6(4)12/h3H,1-2H3. The highest BCUT2D eigenvalue weighted by atomic mass is 16.1. The number of rotatable bonds is 0. The van der Waals surface area contributed by atoms with Crippen molar-refractivity contribution in [1.82, 2.24) is 24.5 Å². The van der Waals surface area contributed by atoms with E-state index in [1.807, 2.05) is 0 Å². The lowest BCUT2D eigenvalue weighted by molar-refractivity contribution is 0.650. The first-order valence-corrected chi connectivity index (χ1v) is 3.41. The van der Waals surface area contributed by atoms with Gasteiger partial charge in [0.05, 0.1) is 6.33 Å². The zero-order chi connectivity index (χ0) is 8.72. The molecule has 62 valence electrons. The number of aromatic nitrogens is 5. The van der Waals surface area contributed by atoms with Gasteiger partial charge in [0.2, 0.25) is 0 Å². The molecule has 0 aliphatic rings. The third-order valence-electron chi connectivity index (χ3n) is 1.68. The molecule has 2 aromatic rings. The first-order chi connectivity index (χ1) is 5.70. The summed E-state index contributed by atoms with van der Waals surface area (Å²) in [5.41, 5.74) is 0.647. The van der Waals surface area contributed by atoms with E-state index in [0.717, 1.165) is 4.68 Å². The van der Waals surface area contributed by atoms with Gasteiger partial charge in [-0.2, -0.15) is 0 Å². The second-order valence-corrected chi connectivity index (χ2v) is 2.55. The highest BCUT2D eigenvalue weighted by molar-refractivity contribution is 5.68. The zero-order valence-corrected chi connectivity index (χ0v) is 6.72. The molecule has 2 aromatic heterocycles. The van der Waals surface area contributed by atoms with Gasteiger partial charge >= 0.3 is 0 Å². The molecule has 0 aromatic carbocycles. The molecular weight excluding hydrogens is 158 g/mol. The monoisotopic (exact) mass is 165 g/mol. The van der Waals surface area contributed by atoms with Gasteiger partial charge in [-0.05, 0) is 0 Å². The molecule has 0 atom stereocenters. The fraction of sp³-hybridized carbons (Fsp3) is 0.333. The van der Waals surface area contributed by atoms with E-state index in [-0.39, 0.29) is 5.56 Å². The first kappa shape index (κ1) is 6.96. The van der Waals surface area contributed by atoms with E-state index >= 15 is 0 Å². The van der Waals surface area contributed by atoms with Crippen molar-refractivity contribution in [3.8, 4) is 0 Å². The molecule has 6 heteroatoms. The Kier molecular flexibility index (Phi) is 1.24. The lowest BCUT2D eigenvalue weighted by atomic mass is 10.5. The lowest BCUT2D eigenvalue weighted by Gasteiger charge is -1.93. The van der Waals surface area contributed by atoms with Gasteiger partial charge in [0.1, 0.15) is 0 Å². The van der Waals surface area contributed by atoms with Gasteiger partial charge in [0.15, 0.2) is 11.2 Å². The van der Waals surface area contributed by atoms with Crippen LogP contribution in [-0.2, 0) is 14.1 Å². The molecule has 0 saturated heterocycles. The summed E-state index contributed by atoms with van der Waals surface area (Å²) in [6.07, 6.45) is 1.54. The van der Waals surface area contributed by atoms with Crippen molar-refractivity contribution in [2.75, 3.05) is 0 Å². The molecule has 0 aliphatic heterocycles. The van der Waals surface area contributed by atoms with Gasteiger partial charge in [-0.3, -0.25) is 4.79 Å². The SMILES string of the molecule is Cn1nnc2c(ncn2C)c1=O. The van der Waals surface area contributed by atoms with Gasteiger partial charge in [-0.25, -0.2) is 9.67 Å². The first-order valence-electron chi connectivity index (χ1n) is 3.41. The van der Waals surface area contributed by atoms with E-state index in [9.17, 15) is 4.79 Å². The number of hydrogen-bond donors (Lipinski definition) is 0. The molecule has 12 heavy (non-hydrogen) atoms. The van der Waals surface area contributed by atoms with Gasteiger partial charge in [-0.15, -0.1) is 5.10 Å². The molecule has 0 amide bonds. The summed E-state index contributed by atoms with van der Waals surface area (Å²) < 4.78 is 2.82. The van der Waals surface area contributed by atoms with Gasteiger partial charge in [0.25, 0.3) is 5.56 Å². The van der Waals surface area contributed by atoms with Crippen molar-refractivity contribution in [3.05, 3.63) is 16.7 Å². The molecule has 0 saturated carbocycles. The van der Waals surface area contributed by atoms with Crippen LogP contribution in [0.5, 0.6) is 0 Å². The topological polar surface area (TPSA) is 65.6 Å². The average molecular weight is 165 g/mol. The fourth-order valence-electron chi connectivity index (χ4n) is 0.996. The maximum Gasteiger partial charge on any atom is 0.297 e. The summed E-state index contributed by atoms with van der Waals surface area (Å²) in [4.78, 5) is 15.2. The smallest absolute Gasteiger partial charge is 0.297 e. The molecule has 2 heterocycles.